The highest BCUT2D eigenvalue weighted by atomic mass is 32.2. The van der Waals surface area contributed by atoms with Crippen molar-refractivity contribution in [2.45, 2.75) is 50.3 Å². The molecule has 0 aromatic heterocycles. The van der Waals surface area contributed by atoms with E-state index in [-0.39, 0.29) is 44.2 Å². The minimum Gasteiger partial charge on any atom is -0.464 e. The molecule has 2 fully saturated rings. The van der Waals surface area contributed by atoms with E-state index in [1.165, 1.54) is 12.0 Å². The van der Waals surface area contributed by atoms with Crippen LogP contribution in [0.4, 0.5) is 18.0 Å². The number of likely N-dealkylation sites (tertiary alicyclic amines) is 1. The van der Waals surface area contributed by atoms with Gasteiger partial charge in [-0.05, 0) is 44.4 Å². The van der Waals surface area contributed by atoms with Gasteiger partial charge in [-0.1, -0.05) is 0 Å². The summed E-state index contributed by atoms with van der Waals surface area (Å²) in [6.45, 7) is 1.89. The van der Waals surface area contributed by atoms with Gasteiger partial charge in [-0.15, -0.1) is 0 Å². The second kappa shape index (κ2) is 8.21. The van der Waals surface area contributed by atoms with Gasteiger partial charge in [0.2, 0.25) is 0 Å². The van der Waals surface area contributed by atoms with Crippen LogP contribution >= 0.6 is 0 Å². The maximum absolute atomic E-state index is 12.5. The van der Waals surface area contributed by atoms with Crippen molar-refractivity contribution in [1.29, 1.82) is 0 Å². The summed E-state index contributed by atoms with van der Waals surface area (Å²) in [5.74, 6) is -1.00. The van der Waals surface area contributed by atoms with Crippen LogP contribution in [0.2, 0.25) is 0 Å². The fraction of sp³-hybridized carbons (Fsp3) is 0.867. The third-order valence-electron chi connectivity index (χ3n) is 4.94. The smallest absolute Gasteiger partial charge is 0.464 e. The van der Waals surface area contributed by atoms with Crippen LogP contribution in [0.15, 0.2) is 0 Å². The Morgan fingerprint density at radius 1 is 1.15 bits per heavy atom. The normalized spacial score (nSPS) is 29.0. The Morgan fingerprint density at radius 3 is 2.37 bits per heavy atom. The number of carbonyl (C=O) groups is 2. The van der Waals surface area contributed by atoms with Gasteiger partial charge in [0.15, 0.2) is 0 Å². The number of hydrogen-bond donors (Lipinski definition) is 0. The van der Waals surface area contributed by atoms with Crippen LogP contribution in [0.5, 0.6) is 0 Å². The number of alkyl halides is 3. The summed E-state index contributed by atoms with van der Waals surface area (Å²) >= 11 is 0. The molecule has 1 aliphatic heterocycles. The maximum atomic E-state index is 12.5. The number of piperidine rings is 1. The largest absolute Gasteiger partial charge is 0.523 e. The molecule has 0 N–H and O–H groups in total. The third-order valence-corrected chi connectivity index (χ3v) is 6.03. The number of ether oxygens (including phenoxy) is 2. The first kappa shape index (κ1) is 21.7. The van der Waals surface area contributed by atoms with Gasteiger partial charge in [0.25, 0.3) is 0 Å². The second-order valence-electron chi connectivity index (χ2n) is 6.58. The van der Waals surface area contributed by atoms with Crippen LogP contribution in [0.1, 0.15) is 32.6 Å². The van der Waals surface area contributed by atoms with E-state index in [9.17, 15) is 31.2 Å². The molecular formula is C15H22F3NO7S. The summed E-state index contributed by atoms with van der Waals surface area (Å²) in [5, 5.41) is 0. The minimum absolute atomic E-state index is 0.0465. The molecule has 4 unspecified atom stereocenters. The van der Waals surface area contributed by atoms with Crippen LogP contribution in [0, 0.1) is 11.8 Å². The lowest BCUT2D eigenvalue weighted by Crippen LogP contribution is -2.55. The topological polar surface area (TPSA) is 99.2 Å². The zero-order valence-corrected chi connectivity index (χ0v) is 15.7. The van der Waals surface area contributed by atoms with E-state index in [1.807, 2.05) is 0 Å². The molecule has 1 saturated carbocycles. The van der Waals surface area contributed by atoms with Crippen molar-refractivity contribution in [2.75, 3.05) is 20.3 Å². The van der Waals surface area contributed by atoms with Crippen molar-refractivity contribution < 1.29 is 44.8 Å². The van der Waals surface area contributed by atoms with E-state index in [0.717, 1.165) is 0 Å². The molecule has 4 atom stereocenters. The van der Waals surface area contributed by atoms with Gasteiger partial charge < -0.3 is 9.47 Å². The van der Waals surface area contributed by atoms with Crippen molar-refractivity contribution in [1.82, 2.24) is 4.90 Å². The molecule has 156 valence electrons. The number of rotatable bonds is 4. The molecule has 1 amide bonds. The van der Waals surface area contributed by atoms with Crippen molar-refractivity contribution in [3.8, 4) is 0 Å². The quantitative estimate of drug-likeness (QED) is 0.392. The van der Waals surface area contributed by atoms with Crippen molar-refractivity contribution in [2.24, 2.45) is 11.8 Å². The fourth-order valence-electron chi connectivity index (χ4n) is 3.71. The van der Waals surface area contributed by atoms with E-state index in [2.05, 4.69) is 4.18 Å². The van der Waals surface area contributed by atoms with Gasteiger partial charge in [-0.25, -0.2) is 9.59 Å². The Balaban J connectivity index is 2.12. The summed E-state index contributed by atoms with van der Waals surface area (Å²) in [5.41, 5.74) is -5.48. The molecule has 0 bridgehead atoms. The number of methoxy groups -OCH3 is 1. The van der Waals surface area contributed by atoms with Gasteiger partial charge in [0.05, 0.1) is 19.8 Å². The molecule has 0 aromatic rings. The average molecular weight is 417 g/mol. The summed E-state index contributed by atoms with van der Waals surface area (Å²) in [6, 6.07) is -0.934. The first-order valence-corrected chi connectivity index (χ1v) is 9.91. The van der Waals surface area contributed by atoms with Gasteiger partial charge in [0.1, 0.15) is 6.04 Å². The van der Waals surface area contributed by atoms with Crippen LogP contribution in [0.3, 0.4) is 0 Å². The SMILES string of the molecule is CCOC(=O)C1CC2CC(OS(=O)(=O)C(F)(F)F)CCC2CN1C(=O)OC. The predicted molar refractivity (Wildman–Crippen MR) is 84.8 cm³/mol. The fourth-order valence-corrected chi connectivity index (χ4v) is 4.35. The number of esters is 1. The number of amides is 1. The number of hydrogen-bond acceptors (Lipinski definition) is 7. The summed E-state index contributed by atoms with van der Waals surface area (Å²) in [4.78, 5) is 25.4. The summed E-state index contributed by atoms with van der Waals surface area (Å²) in [6.07, 6.45) is -1.15. The van der Waals surface area contributed by atoms with Crippen molar-refractivity contribution in [3.63, 3.8) is 0 Å². The molecule has 27 heavy (non-hydrogen) atoms. The van der Waals surface area contributed by atoms with Gasteiger partial charge in [0, 0.05) is 6.54 Å². The lowest BCUT2D eigenvalue weighted by atomic mass is 9.72. The molecule has 1 heterocycles. The molecule has 8 nitrogen and oxygen atoms in total. The third kappa shape index (κ3) is 4.84. The Bertz CT molecular complexity index is 667. The lowest BCUT2D eigenvalue weighted by Gasteiger charge is -2.45. The zero-order chi connectivity index (χ0) is 20.4. The average Bonchev–Trinajstić information content (AvgIpc) is 2.58. The molecule has 1 saturated heterocycles. The Labute approximate surface area is 155 Å². The van der Waals surface area contributed by atoms with E-state index < -0.39 is 39.8 Å². The molecule has 1 aliphatic carbocycles. The highest BCUT2D eigenvalue weighted by molar-refractivity contribution is 7.87. The molecule has 0 aromatic carbocycles. The Morgan fingerprint density at radius 2 is 1.81 bits per heavy atom. The molecule has 12 heteroatoms. The van der Waals surface area contributed by atoms with Crippen LogP contribution in [-0.4, -0.2) is 63.3 Å². The monoisotopic (exact) mass is 417 g/mol. The first-order chi connectivity index (χ1) is 12.5. The highest BCUT2D eigenvalue weighted by Gasteiger charge is 2.50. The molecule has 0 radical (unpaired) electrons. The van der Waals surface area contributed by atoms with E-state index in [4.69, 9.17) is 9.47 Å². The lowest BCUT2D eigenvalue weighted by molar-refractivity contribution is -0.152. The van der Waals surface area contributed by atoms with Crippen LogP contribution in [0.25, 0.3) is 0 Å². The summed E-state index contributed by atoms with van der Waals surface area (Å²) < 4.78 is 74.1. The number of fused-ring (bicyclic) bond motifs is 1. The van der Waals surface area contributed by atoms with Crippen molar-refractivity contribution >= 4 is 22.2 Å². The summed E-state index contributed by atoms with van der Waals surface area (Å²) in [7, 11) is -4.49. The first-order valence-electron chi connectivity index (χ1n) is 8.51. The second-order valence-corrected chi connectivity index (χ2v) is 8.14. The molecule has 2 rings (SSSR count). The van der Waals surface area contributed by atoms with E-state index in [1.54, 1.807) is 6.92 Å². The number of carbonyl (C=O) groups excluding carboxylic acids is 2. The Kier molecular flexibility index (Phi) is 6.61. The zero-order valence-electron chi connectivity index (χ0n) is 14.9. The number of halogens is 3. The van der Waals surface area contributed by atoms with Gasteiger partial charge >= 0.3 is 27.7 Å². The minimum atomic E-state index is -5.68. The molecule has 0 spiro atoms. The van der Waals surface area contributed by atoms with E-state index >= 15 is 0 Å². The van der Waals surface area contributed by atoms with Crippen LogP contribution < -0.4 is 0 Å². The Hall–Kier alpha value is -1.56. The number of nitrogens with zero attached hydrogens (tertiary/aromatic N) is 1. The van der Waals surface area contributed by atoms with Gasteiger partial charge in [-0.2, -0.15) is 21.6 Å². The highest BCUT2D eigenvalue weighted by Crippen LogP contribution is 2.41. The standard InChI is InChI=1S/C15H22F3NO7S/c1-3-25-13(20)12-7-10-6-11(26-27(22,23)15(16,17)18)5-4-9(10)8-19(12)14(21)24-2/h9-12H,3-8H2,1-2H3. The molecule has 2 aliphatic rings. The molecular weight excluding hydrogens is 395 g/mol. The predicted octanol–water partition coefficient (Wildman–Crippen LogP) is 2.04. The van der Waals surface area contributed by atoms with E-state index in [0.29, 0.717) is 6.42 Å². The van der Waals surface area contributed by atoms with Crippen LogP contribution in [-0.2, 0) is 28.6 Å². The van der Waals surface area contributed by atoms with Gasteiger partial charge in [-0.3, -0.25) is 9.08 Å². The van der Waals surface area contributed by atoms with Crippen molar-refractivity contribution in [3.05, 3.63) is 0 Å². The maximum Gasteiger partial charge on any atom is 0.523 e.